The van der Waals surface area contributed by atoms with Crippen LogP contribution in [0.2, 0.25) is 0 Å². The van der Waals surface area contributed by atoms with Crippen molar-refractivity contribution in [1.29, 1.82) is 5.26 Å². The largest absolute Gasteiger partial charge is 0.484 e. The number of rotatable bonds is 6. The first kappa shape index (κ1) is 19.4. The Morgan fingerprint density at radius 1 is 1.29 bits per heavy atom. The summed E-state index contributed by atoms with van der Waals surface area (Å²) in [6, 6.07) is 10.4. The standard InChI is InChI=1S/C19H21N5O4/c1-14-9-17(22-28-14)21-18(25)12-23-5-7-24(8-6-23)19(26)13-27-16-4-2-3-15(10-16)11-20/h2-4,9-10H,5-8,12-13H2,1H3,(H,21,22,25). The summed E-state index contributed by atoms with van der Waals surface area (Å²) in [5.74, 6) is 1.22. The highest BCUT2D eigenvalue weighted by Gasteiger charge is 2.23. The number of aromatic nitrogens is 1. The molecule has 146 valence electrons. The second-order valence-electron chi connectivity index (χ2n) is 6.46. The average Bonchev–Trinajstić information content (AvgIpc) is 3.11. The van der Waals surface area contributed by atoms with Gasteiger partial charge in [0.05, 0.1) is 18.2 Å². The Bertz CT molecular complexity index is 880. The van der Waals surface area contributed by atoms with Crippen molar-refractivity contribution in [3.63, 3.8) is 0 Å². The van der Waals surface area contributed by atoms with Crippen molar-refractivity contribution in [2.45, 2.75) is 6.92 Å². The van der Waals surface area contributed by atoms with Crippen molar-refractivity contribution in [2.24, 2.45) is 0 Å². The fraction of sp³-hybridized carbons (Fsp3) is 0.368. The number of hydrogen-bond acceptors (Lipinski definition) is 7. The van der Waals surface area contributed by atoms with Gasteiger partial charge in [0, 0.05) is 32.2 Å². The summed E-state index contributed by atoms with van der Waals surface area (Å²) in [7, 11) is 0. The molecule has 1 fully saturated rings. The number of nitrogens with one attached hydrogen (secondary N) is 1. The fourth-order valence-corrected chi connectivity index (χ4v) is 2.86. The van der Waals surface area contributed by atoms with E-state index < -0.39 is 0 Å². The number of amides is 2. The maximum atomic E-state index is 12.3. The zero-order valence-electron chi connectivity index (χ0n) is 15.6. The number of benzene rings is 1. The van der Waals surface area contributed by atoms with Crippen LogP contribution in [0.3, 0.4) is 0 Å². The van der Waals surface area contributed by atoms with Gasteiger partial charge in [0.15, 0.2) is 12.4 Å². The predicted octanol–water partition coefficient (Wildman–Crippen LogP) is 1.02. The Labute approximate surface area is 162 Å². The lowest BCUT2D eigenvalue weighted by molar-refractivity contribution is -0.135. The molecule has 9 nitrogen and oxygen atoms in total. The van der Waals surface area contributed by atoms with E-state index in [0.29, 0.717) is 49.1 Å². The molecule has 2 heterocycles. The third-order valence-corrected chi connectivity index (χ3v) is 4.31. The number of nitriles is 1. The molecule has 3 rings (SSSR count). The van der Waals surface area contributed by atoms with Gasteiger partial charge in [-0.2, -0.15) is 5.26 Å². The summed E-state index contributed by atoms with van der Waals surface area (Å²) < 4.78 is 10.4. The van der Waals surface area contributed by atoms with Gasteiger partial charge in [-0.1, -0.05) is 11.2 Å². The molecule has 9 heteroatoms. The van der Waals surface area contributed by atoms with E-state index in [1.165, 1.54) is 0 Å². The highest BCUT2D eigenvalue weighted by molar-refractivity contribution is 5.91. The van der Waals surface area contributed by atoms with Gasteiger partial charge in [-0.25, -0.2) is 0 Å². The summed E-state index contributed by atoms with van der Waals surface area (Å²) in [5, 5.41) is 15.3. The molecule has 2 aromatic rings. The minimum atomic E-state index is -0.172. The maximum absolute atomic E-state index is 12.3. The third-order valence-electron chi connectivity index (χ3n) is 4.31. The van der Waals surface area contributed by atoms with E-state index in [1.54, 1.807) is 42.2 Å². The Balaban J connectivity index is 1.40. The number of hydrogen-bond donors (Lipinski definition) is 1. The lowest BCUT2D eigenvalue weighted by atomic mass is 10.2. The summed E-state index contributed by atoms with van der Waals surface area (Å²) in [4.78, 5) is 28.1. The van der Waals surface area contributed by atoms with E-state index in [0.717, 1.165) is 0 Å². The Morgan fingerprint density at radius 2 is 2.07 bits per heavy atom. The molecule has 0 atom stereocenters. The summed E-state index contributed by atoms with van der Waals surface area (Å²) in [5.41, 5.74) is 0.484. The van der Waals surface area contributed by atoms with Gasteiger partial charge in [0.2, 0.25) is 5.91 Å². The molecule has 0 radical (unpaired) electrons. The van der Waals surface area contributed by atoms with Crippen molar-refractivity contribution in [1.82, 2.24) is 15.0 Å². The zero-order valence-corrected chi connectivity index (χ0v) is 15.6. The number of nitrogens with zero attached hydrogens (tertiary/aromatic N) is 4. The predicted molar refractivity (Wildman–Crippen MR) is 99.5 cm³/mol. The van der Waals surface area contributed by atoms with Crippen LogP contribution in [0.5, 0.6) is 5.75 Å². The van der Waals surface area contributed by atoms with Crippen LogP contribution >= 0.6 is 0 Å². The number of piperazine rings is 1. The van der Waals surface area contributed by atoms with Crippen LogP contribution in [-0.2, 0) is 9.59 Å². The number of ether oxygens (including phenoxy) is 1. The minimum absolute atomic E-state index is 0.0825. The number of carbonyl (C=O) groups is 2. The first-order chi connectivity index (χ1) is 13.5. The molecule has 1 aliphatic heterocycles. The average molecular weight is 383 g/mol. The van der Waals surface area contributed by atoms with Crippen molar-refractivity contribution in [3.05, 3.63) is 41.7 Å². The Kier molecular flexibility index (Phi) is 6.24. The van der Waals surface area contributed by atoms with Crippen molar-refractivity contribution in [2.75, 3.05) is 44.6 Å². The third kappa shape index (κ3) is 5.31. The Hall–Kier alpha value is -3.38. The highest BCUT2D eigenvalue weighted by Crippen LogP contribution is 2.13. The number of carbonyl (C=O) groups excluding carboxylic acids is 2. The molecule has 0 saturated carbocycles. The van der Waals surface area contributed by atoms with Gasteiger partial charge < -0.3 is 19.5 Å². The molecule has 1 N–H and O–H groups in total. The zero-order chi connectivity index (χ0) is 19.9. The topological polar surface area (TPSA) is 112 Å². The molecule has 0 bridgehead atoms. The van der Waals surface area contributed by atoms with Crippen LogP contribution in [-0.4, -0.2) is 66.1 Å². The van der Waals surface area contributed by atoms with Gasteiger partial charge in [-0.15, -0.1) is 0 Å². The van der Waals surface area contributed by atoms with Crippen LogP contribution in [0.1, 0.15) is 11.3 Å². The first-order valence-corrected chi connectivity index (χ1v) is 8.90. The normalized spacial score (nSPS) is 14.4. The van der Waals surface area contributed by atoms with Crippen LogP contribution in [0.15, 0.2) is 34.9 Å². The Morgan fingerprint density at radius 3 is 2.75 bits per heavy atom. The molecular formula is C19H21N5O4. The molecule has 0 aliphatic carbocycles. The first-order valence-electron chi connectivity index (χ1n) is 8.90. The van der Waals surface area contributed by atoms with Crippen LogP contribution in [0.25, 0.3) is 0 Å². The van der Waals surface area contributed by atoms with Crippen LogP contribution in [0.4, 0.5) is 5.82 Å². The summed E-state index contributed by atoms with van der Waals surface area (Å²) in [6.07, 6.45) is 0. The van der Waals surface area contributed by atoms with Crippen molar-refractivity contribution in [3.8, 4) is 11.8 Å². The van der Waals surface area contributed by atoms with E-state index in [9.17, 15) is 9.59 Å². The van der Waals surface area contributed by atoms with Gasteiger partial charge in [-0.05, 0) is 25.1 Å². The highest BCUT2D eigenvalue weighted by atomic mass is 16.5. The summed E-state index contributed by atoms with van der Waals surface area (Å²) >= 11 is 0. The second kappa shape index (κ2) is 9.01. The molecular weight excluding hydrogens is 362 g/mol. The quantitative estimate of drug-likeness (QED) is 0.792. The van der Waals surface area contributed by atoms with Crippen LogP contribution < -0.4 is 10.1 Å². The van der Waals surface area contributed by atoms with Crippen molar-refractivity contribution >= 4 is 17.6 Å². The molecule has 1 aliphatic rings. The molecule has 0 unspecified atom stereocenters. The lowest BCUT2D eigenvalue weighted by Gasteiger charge is -2.34. The molecule has 0 spiro atoms. The second-order valence-corrected chi connectivity index (χ2v) is 6.46. The molecule has 1 saturated heterocycles. The summed E-state index contributed by atoms with van der Waals surface area (Å²) in [6.45, 7) is 4.14. The molecule has 2 amide bonds. The van der Waals surface area contributed by atoms with E-state index >= 15 is 0 Å². The van der Waals surface area contributed by atoms with E-state index in [1.807, 2.05) is 11.0 Å². The molecule has 28 heavy (non-hydrogen) atoms. The van der Waals surface area contributed by atoms with Gasteiger partial charge in [0.25, 0.3) is 5.91 Å². The van der Waals surface area contributed by atoms with Gasteiger partial charge in [0.1, 0.15) is 11.5 Å². The SMILES string of the molecule is Cc1cc(NC(=O)CN2CCN(C(=O)COc3cccc(C#N)c3)CC2)no1. The maximum Gasteiger partial charge on any atom is 0.260 e. The van der Waals surface area contributed by atoms with E-state index in [4.69, 9.17) is 14.5 Å². The van der Waals surface area contributed by atoms with Gasteiger partial charge >= 0.3 is 0 Å². The van der Waals surface area contributed by atoms with Gasteiger partial charge in [-0.3, -0.25) is 14.5 Å². The van der Waals surface area contributed by atoms with E-state index in [2.05, 4.69) is 10.5 Å². The fourth-order valence-electron chi connectivity index (χ4n) is 2.86. The van der Waals surface area contributed by atoms with Crippen LogP contribution in [0, 0.1) is 18.3 Å². The number of anilines is 1. The number of aryl methyl sites for hydroxylation is 1. The molecule has 1 aromatic heterocycles. The lowest BCUT2D eigenvalue weighted by Crippen LogP contribution is -2.51. The minimum Gasteiger partial charge on any atom is -0.484 e. The smallest absolute Gasteiger partial charge is 0.260 e. The van der Waals surface area contributed by atoms with E-state index in [-0.39, 0.29) is 25.0 Å². The molecule has 1 aromatic carbocycles. The van der Waals surface area contributed by atoms with Crippen molar-refractivity contribution < 1.29 is 18.8 Å². The monoisotopic (exact) mass is 383 g/mol.